The van der Waals surface area contributed by atoms with Gasteiger partial charge in [-0.1, -0.05) is 19.8 Å². The number of unbranched alkanes of at least 4 members (excludes halogenated alkanes) is 2. The van der Waals surface area contributed by atoms with Crippen molar-refractivity contribution in [2.24, 2.45) is 0 Å². The topological polar surface area (TPSA) is 78.4 Å². The predicted molar refractivity (Wildman–Crippen MR) is 31.2 cm³/mol. The molecule has 13 heavy (non-hydrogen) atoms. The number of rotatable bonds is 5. The minimum atomic E-state index is -4.96. The van der Waals surface area contributed by atoms with E-state index in [4.69, 9.17) is 0 Å². The van der Waals surface area contributed by atoms with E-state index >= 15 is 0 Å². The Morgan fingerprint density at radius 2 is 1.46 bits per heavy atom. The van der Waals surface area contributed by atoms with E-state index in [9.17, 15) is 14.4 Å². The maximum atomic E-state index is 9.87. The smallest absolute Gasteiger partial charge is 0.861 e. The molecule has 0 fully saturated rings. The van der Waals surface area contributed by atoms with Gasteiger partial charge in [-0.3, -0.25) is 0 Å². The molecule has 0 N–H and O–H groups in total. The second-order valence-corrected chi connectivity index (χ2v) is 3.34. The monoisotopic (exact) mass is 562 g/mol. The SMILES string of the molecule is CCCCCO[Si]([O-])([O-])[O-].[Cs+].[Cs+].[Cs+]. The third-order valence-corrected chi connectivity index (χ3v) is 1.58. The molecule has 0 spiro atoms. The molecule has 0 amide bonds. The van der Waals surface area contributed by atoms with E-state index in [-0.39, 0.29) is 213 Å². The molecule has 0 aromatic heterocycles. The molecule has 4 nitrogen and oxygen atoms in total. The molecule has 8 heteroatoms. The Bertz CT molecular complexity index is 90.3. The summed E-state index contributed by atoms with van der Waals surface area (Å²) in [4.78, 5) is 29.6. The average molecular weight is 562 g/mol. The fourth-order valence-corrected chi connectivity index (χ4v) is 0.944. The molecular formula is C5H11Cs3O4Si. The van der Waals surface area contributed by atoms with Crippen LogP contribution in [0.2, 0.25) is 0 Å². The summed E-state index contributed by atoms with van der Waals surface area (Å²) in [5.74, 6) is 0. The first-order valence-corrected chi connectivity index (χ1v) is 4.95. The Labute approximate surface area is 257 Å². The summed E-state index contributed by atoms with van der Waals surface area (Å²) in [5, 5.41) is 0. The molecule has 0 saturated heterocycles. The molecule has 0 aliphatic rings. The molecule has 0 unspecified atom stereocenters. The summed E-state index contributed by atoms with van der Waals surface area (Å²) in [6, 6.07) is 0. The van der Waals surface area contributed by atoms with Gasteiger partial charge in [0.05, 0.1) is 0 Å². The van der Waals surface area contributed by atoms with Gasteiger partial charge < -0.3 is 18.8 Å². The molecule has 0 radical (unpaired) electrons. The Balaban J connectivity index is -0.000000135. The van der Waals surface area contributed by atoms with Gasteiger partial charge in [0.1, 0.15) is 0 Å². The van der Waals surface area contributed by atoms with Gasteiger partial charge >= 0.3 is 207 Å². The van der Waals surface area contributed by atoms with Crippen molar-refractivity contribution in [3.8, 4) is 0 Å². The molecule has 0 rings (SSSR count). The average Bonchev–Trinajstić information content (AvgIpc) is 1.78. The van der Waals surface area contributed by atoms with E-state index in [2.05, 4.69) is 4.43 Å². The van der Waals surface area contributed by atoms with E-state index < -0.39 is 9.05 Å². The summed E-state index contributed by atoms with van der Waals surface area (Å²) in [6.45, 7) is 2.02. The van der Waals surface area contributed by atoms with Crippen LogP contribution in [0.1, 0.15) is 26.2 Å². The van der Waals surface area contributed by atoms with Crippen molar-refractivity contribution in [2.45, 2.75) is 26.2 Å². The van der Waals surface area contributed by atoms with Crippen LogP contribution >= 0.6 is 0 Å². The van der Waals surface area contributed by atoms with Crippen LogP contribution in [0.15, 0.2) is 0 Å². The zero-order valence-electron chi connectivity index (χ0n) is 8.96. The van der Waals surface area contributed by atoms with Crippen LogP contribution in [-0.4, -0.2) is 15.7 Å². The third-order valence-electron chi connectivity index (χ3n) is 1.03. The Morgan fingerprint density at radius 1 is 1.00 bits per heavy atom. The van der Waals surface area contributed by atoms with Crippen LogP contribution in [-0.2, 0) is 4.43 Å². The number of hydrogen-bond acceptors (Lipinski definition) is 4. The van der Waals surface area contributed by atoms with Gasteiger partial charge in [-0.2, -0.15) is 0 Å². The summed E-state index contributed by atoms with van der Waals surface area (Å²) in [5.41, 5.74) is 0. The van der Waals surface area contributed by atoms with Crippen molar-refractivity contribution >= 4 is 9.05 Å². The van der Waals surface area contributed by atoms with Crippen molar-refractivity contribution in [2.75, 3.05) is 6.61 Å². The molecule has 0 atom stereocenters. The van der Waals surface area contributed by atoms with Crippen LogP contribution in [0.5, 0.6) is 0 Å². The van der Waals surface area contributed by atoms with Crippen molar-refractivity contribution in [1.29, 1.82) is 0 Å². The van der Waals surface area contributed by atoms with E-state index in [0.717, 1.165) is 12.8 Å². The van der Waals surface area contributed by atoms with Crippen LogP contribution in [0, 0.1) is 0 Å². The fraction of sp³-hybridized carbons (Fsp3) is 1.00. The first-order valence-electron chi connectivity index (χ1n) is 3.31. The van der Waals surface area contributed by atoms with Crippen LogP contribution in [0.25, 0.3) is 0 Å². The first kappa shape index (κ1) is 27.5. The molecule has 0 bridgehead atoms. The normalized spacial score (nSPS) is 9.23. The van der Waals surface area contributed by atoms with E-state index in [1.54, 1.807) is 0 Å². The van der Waals surface area contributed by atoms with Gasteiger partial charge in [-0.05, 0) is 6.42 Å². The molecular weight excluding hydrogens is 551 g/mol. The standard InChI is InChI=1S/C5H11O4Si.3Cs/c1-2-3-4-5-9-10(6,7)8;;;/h2-5H2,1H3;;;/q-3;3*+1. The maximum absolute atomic E-state index is 9.87. The Hall–Kier alpha value is 6.21. The quantitative estimate of drug-likeness (QED) is 0.247. The Kier molecular flexibility index (Phi) is 38.6. The van der Waals surface area contributed by atoms with Gasteiger partial charge in [0.15, 0.2) is 0 Å². The van der Waals surface area contributed by atoms with Crippen molar-refractivity contribution in [3.05, 3.63) is 0 Å². The van der Waals surface area contributed by atoms with E-state index in [1.807, 2.05) is 6.92 Å². The van der Waals surface area contributed by atoms with Crippen molar-refractivity contribution in [1.82, 2.24) is 0 Å². The van der Waals surface area contributed by atoms with Gasteiger partial charge in [0, 0.05) is 6.61 Å². The fourth-order valence-electron chi connectivity index (χ4n) is 0.549. The molecule has 0 aliphatic heterocycles. The van der Waals surface area contributed by atoms with E-state index in [0.29, 0.717) is 6.42 Å². The molecule has 0 heterocycles. The van der Waals surface area contributed by atoms with Gasteiger partial charge in [-0.25, -0.2) is 0 Å². The maximum Gasteiger partial charge on any atom is 1.00 e. The minimum absolute atomic E-state index is 0. The largest absolute Gasteiger partial charge is 1.00 e. The zero-order chi connectivity index (χ0) is 8.04. The van der Waals surface area contributed by atoms with E-state index in [1.165, 1.54) is 0 Å². The van der Waals surface area contributed by atoms with Crippen LogP contribution in [0.3, 0.4) is 0 Å². The molecule has 0 aromatic carbocycles. The summed E-state index contributed by atoms with van der Waals surface area (Å²) in [6.07, 6.45) is 2.51. The summed E-state index contributed by atoms with van der Waals surface area (Å²) >= 11 is 0. The first-order chi connectivity index (χ1) is 4.56. The summed E-state index contributed by atoms with van der Waals surface area (Å²) < 4.78 is 4.00. The zero-order valence-corrected chi connectivity index (χ0v) is 28.8. The number of hydrogen-bond donors (Lipinski definition) is 0. The molecule has 0 aliphatic carbocycles. The van der Waals surface area contributed by atoms with Gasteiger partial charge in [0.2, 0.25) is 0 Å². The van der Waals surface area contributed by atoms with Crippen molar-refractivity contribution < 1.29 is 225 Å². The van der Waals surface area contributed by atoms with Gasteiger partial charge in [-0.15, -0.1) is 9.05 Å². The molecule has 62 valence electrons. The van der Waals surface area contributed by atoms with Crippen LogP contribution in [0.4, 0.5) is 0 Å². The molecule has 0 saturated carbocycles. The third kappa shape index (κ3) is 27.4. The molecule has 0 aromatic rings. The van der Waals surface area contributed by atoms with Crippen LogP contribution < -0.4 is 221 Å². The second-order valence-electron chi connectivity index (χ2n) is 2.06. The predicted octanol–water partition coefficient (Wildman–Crippen LogP) is -11.3. The minimum Gasteiger partial charge on any atom is -0.861 e. The Morgan fingerprint density at radius 3 is 1.77 bits per heavy atom. The second kappa shape index (κ2) is 18.2. The van der Waals surface area contributed by atoms with Gasteiger partial charge in [0.25, 0.3) is 0 Å². The van der Waals surface area contributed by atoms with Crippen molar-refractivity contribution in [3.63, 3.8) is 0 Å². The summed E-state index contributed by atoms with van der Waals surface area (Å²) in [7, 11) is -4.96.